The Bertz CT molecular complexity index is 538. The van der Waals surface area contributed by atoms with E-state index in [2.05, 4.69) is 11.9 Å². The van der Waals surface area contributed by atoms with Gasteiger partial charge in [0.2, 0.25) is 5.91 Å². The lowest BCUT2D eigenvalue weighted by Crippen LogP contribution is -2.11. The van der Waals surface area contributed by atoms with Gasteiger partial charge in [-0.05, 0) is 24.3 Å². The van der Waals surface area contributed by atoms with Crippen molar-refractivity contribution in [3.05, 3.63) is 53.2 Å². The van der Waals surface area contributed by atoms with Crippen molar-refractivity contribution in [3.8, 4) is 0 Å². The van der Waals surface area contributed by atoms with E-state index in [0.29, 0.717) is 11.4 Å². The Morgan fingerprint density at radius 3 is 2.56 bits per heavy atom. The van der Waals surface area contributed by atoms with Gasteiger partial charge in [0.15, 0.2) is 0 Å². The van der Waals surface area contributed by atoms with E-state index in [9.17, 15) is 9.59 Å². The first kappa shape index (κ1) is 13.8. The van der Waals surface area contributed by atoms with E-state index in [4.69, 9.17) is 22.4 Å². The largest absolute Gasteiger partial charge is 0.478 e. The van der Waals surface area contributed by atoms with Gasteiger partial charge in [-0.1, -0.05) is 18.2 Å². The smallest absolute Gasteiger partial charge is 0.328 e. The Morgan fingerprint density at radius 1 is 1.39 bits per heavy atom. The Kier molecular flexibility index (Phi) is 4.51. The molecule has 0 aliphatic rings. The van der Waals surface area contributed by atoms with Crippen molar-refractivity contribution >= 4 is 29.2 Å². The molecule has 0 saturated carbocycles. The van der Waals surface area contributed by atoms with Crippen LogP contribution in [-0.4, -0.2) is 17.0 Å². The van der Waals surface area contributed by atoms with Gasteiger partial charge in [-0.3, -0.25) is 4.79 Å². The lowest BCUT2D eigenvalue weighted by molar-refractivity contribution is -0.131. The molecule has 1 aromatic carbocycles. The monoisotopic (exact) mass is 266 g/mol. The highest BCUT2D eigenvalue weighted by molar-refractivity contribution is 6.34. The molecule has 5 nitrogen and oxygen atoms in total. The Balaban J connectivity index is 2.81. The van der Waals surface area contributed by atoms with Crippen LogP contribution in [0.4, 0.5) is 5.69 Å². The lowest BCUT2D eigenvalue weighted by atomic mass is 10.2. The predicted octanol–water partition coefficient (Wildman–Crippen LogP) is 2.01. The Hall–Kier alpha value is -2.27. The van der Waals surface area contributed by atoms with Crippen LogP contribution in [0.1, 0.15) is 10.4 Å². The van der Waals surface area contributed by atoms with Crippen LogP contribution in [0.3, 0.4) is 0 Å². The second-order valence-corrected chi connectivity index (χ2v) is 3.79. The summed E-state index contributed by atoms with van der Waals surface area (Å²) in [7, 11) is 0. The summed E-state index contributed by atoms with van der Waals surface area (Å²) in [6, 6.07) is 4.56. The van der Waals surface area contributed by atoms with Gasteiger partial charge in [-0.25, -0.2) is 4.79 Å². The van der Waals surface area contributed by atoms with E-state index < -0.39 is 11.9 Å². The van der Waals surface area contributed by atoms with Crippen molar-refractivity contribution < 1.29 is 14.7 Å². The van der Waals surface area contributed by atoms with E-state index >= 15 is 0 Å². The van der Waals surface area contributed by atoms with E-state index in [1.54, 1.807) is 6.07 Å². The molecule has 1 rings (SSSR count). The van der Waals surface area contributed by atoms with Crippen LogP contribution < -0.4 is 11.1 Å². The molecule has 1 aromatic rings. The molecule has 0 aliphatic heterocycles. The molecule has 0 heterocycles. The molecule has 1 amide bonds. The van der Waals surface area contributed by atoms with Crippen LogP contribution in [0.5, 0.6) is 0 Å². The summed E-state index contributed by atoms with van der Waals surface area (Å²) in [5.41, 5.74) is 6.28. The number of carboxylic acids is 1. The number of halogens is 1. The van der Waals surface area contributed by atoms with Crippen LogP contribution >= 0.6 is 11.6 Å². The van der Waals surface area contributed by atoms with Crippen LogP contribution in [0.25, 0.3) is 0 Å². The maximum atomic E-state index is 11.0. The first-order chi connectivity index (χ1) is 8.40. The third kappa shape index (κ3) is 3.95. The van der Waals surface area contributed by atoms with Gasteiger partial charge in [0.1, 0.15) is 0 Å². The van der Waals surface area contributed by atoms with Crippen molar-refractivity contribution in [2.75, 3.05) is 5.32 Å². The summed E-state index contributed by atoms with van der Waals surface area (Å²) >= 11 is 5.85. The number of nitrogens with two attached hydrogens (primary N) is 1. The Labute approximate surface area is 109 Å². The first-order valence-corrected chi connectivity index (χ1v) is 5.24. The van der Waals surface area contributed by atoms with Crippen LogP contribution in [0.2, 0.25) is 5.02 Å². The quantitative estimate of drug-likeness (QED) is 0.561. The second kappa shape index (κ2) is 5.88. The molecule has 0 saturated heterocycles. The number of primary amides is 1. The number of amides is 1. The lowest BCUT2D eigenvalue weighted by Gasteiger charge is -2.07. The van der Waals surface area contributed by atoms with Crippen molar-refractivity contribution in [2.24, 2.45) is 5.73 Å². The Morgan fingerprint density at radius 2 is 2.06 bits per heavy atom. The van der Waals surface area contributed by atoms with Gasteiger partial charge in [-0.2, -0.15) is 0 Å². The maximum Gasteiger partial charge on any atom is 0.328 e. The number of rotatable bonds is 5. The van der Waals surface area contributed by atoms with E-state index in [0.717, 1.165) is 6.08 Å². The first-order valence-electron chi connectivity index (χ1n) is 4.86. The van der Waals surface area contributed by atoms with E-state index in [-0.39, 0.29) is 10.6 Å². The van der Waals surface area contributed by atoms with Gasteiger partial charge in [0.05, 0.1) is 10.6 Å². The molecular formula is C12H11ClN2O3. The molecule has 0 fully saturated rings. The molecule has 4 N–H and O–H groups in total. The fourth-order valence-corrected chi connectivity index (χ4v) is 1.47. The summed E-state index contributed by atoms with van der Waals surface area (Å²) < 4.78 is 0. The number of hydrogen-bond donors (Lipinski definition) is 3. The van der Waals surface area contributed by atoms with Gasteiger partial charge in [0, 0.05) is 17.5 Å². The minimum atomic E-state index is -1.07. The molecule has 0 atom stereocenters. The number of anilines is 1. The molecule has 0 aliphatic carbocycles. The topological polar surface area (TPSA) is 92.4 Å². The highest BCUT2D eigenvalue weighted by atomic mass is 35.5. The molecule has 18 heavy (non-hydrogen) atoms. The van der Waals surface area contributed by atoms with Crippen LogP contribution in [0, 0.1) is 0 Å². The second-order valence-electron chi connectivity index (χ2n) is 3.38. The summed E-state index contributed by atoms with van der Waals surface area (Å²) in [5.74, 6) is -1.68. The summed E-state index contributed by atoms with van der Waals surface area (Å²) in [4.78, 5) is 21.3. The fraction of sp³-hybridized carbons (Fsp3) is 0. The molecule has 0 bridgehead atoms. The highest BCUT2D eigenvalue weighted by Crippen LogP contribution is 2.21. The average molecular weight is 267 g/mol. The number of nitrogens with one attached hydrogen (secondary N) is 1. The minimum Gasteiger partial charge on any atom is -0.478 e. The number of hydrogen-bond acceptors (Lipinski definition) is 3. The van der Waals surface area contributed by atoms with Gasteiger partial charge < -0.3 is 16.2 Å². The fourth-order valence-electron chi connectivity index (χ4n) is 1.19. The molecule has 0 aromatic heterocycles. The van der Waals surface area contributed by atoms with Crippen molar-refractivity contribution in [1.29, 1.82) is 0 Å². The number of benzene rings is 1. The molecule has 0 radical (unpaired) electrons. The third-order valence-electron chi connectivity index (χ3n) is 1.97. The average Bonchev–Trinajstić information content (AvgIpc) is 2.26. The molecular weight excluding hydrogens is 256 g/mol. The zero-order chi connectivity index (χ0) is 13.7. The van der Waals surface area contributed by atoms with E-state index in [1.807, 2.05) is 0 Å². The van der Waals surface area contributed by atoms with Crippen LogP contribution in [-0.2, 0) is 4.79 Å². The molecule has 6 heteroatoms. The maximum absolute atomic E-state index is 11.0. The number of carboxylic acid groups (broad SMARTS) is 1. The predicted molar refractivity (Wildman–Crippen MR) is 69.5 cm³/mol. The van der Waals surface area contributed by atoms with Gasteiger partial charge >= 0.3 is 5.97 Å². The summed E-state index contributed by atoms with van der Waals surface area (Å²) in [5, 5.41) is 11.5. The standard InChI is InChI=1S/C12H11ClN2O3/c1-7(2-5-11(16)17)15-8-3-4-9(12(14)18)10(13)6-8/h2-6,15H,1H2,(H2,14,18)(H,16,17)/b5-2-. The number of aliphatic carboxylic acids is 1. The minimum absolute atomic E-state index is 0.211. The molecule has 0 spiro atoms. The number of allylic oxidation sites excluding steroid dienone is 1. The highest BCUT2D eigenvalue weighted by Gasteiger charge is 2.06. The molecule has 94 valence electrons. The summed E-state index contributed by atoms with van der Waals surface area (Å²) in [6.45, 7) is 3.61. The number of carbonyl (C=O) groups is 2. The van der Waals surface area contributed by atoms with Gasteiger partial charge in [0.25, 0.3) is 0 Å². The van der Waals surface area contributed by atoms with Gasteiger partial charge in [-0.15, -0.1) is 0 Å². The van der Waals surface area contributed by atoms with Crippen molar-refractivity contribution in [3.63, 3.8) is 0 Å². The molecule has 0 unspecified atom stereocenters. The zero-order valence-electron chi connectivity index (χ0n) is 9.31. The van der Waals surface area contributed by atoms with Crippen LogP contribution in [0.15, 0.2) is 42.6 Å². The SMILES string of the molecule is C=C(/C=C\C(=O)O)Nc1ccc(C(N)=O)c(Cl)c1. The van der Waals surface area contributed by atoms with E-state index in [1.165, 1.54) is 18.2 Å². The van der Waals surface area contributed by atoms with Crippen molar-refractivity contribution in [1.82, 2.24) is 0 Å². The number of carbonyl (C=O) groups excluding carboxylic acids is 1. The zero-order valence-corrected chi connectivity index (χ0v) is 10.1. The van der Waals surface area contributed by atoms with Crippen molar-refractivity contribution in [2.45, 2.75) is 0 Å². The normalized spacial score (nSPS) is 10.3. The third-order valence-corrected chi connectivity index (χ3v) is 2.28. The summed E-state index contributed by atoms with van der Waals surface area (Å²) in [6.07, 6.45) is 2.26.